The largest absolute Gasteiger partial charge is 0.493 e. The number of benzene rings is 2. The first-order chi connectivity index (χ1) is 14.8. The molecule has 6 heteroatoms. The lowest BCUT2D eigenvalue weighted by molar-refractivity contribution is 0.292. The van der Waals surface area contributed by atoms with Crippen molar-refractivity contribution in [2.45, 2.75) is 38.5 Å². The predicted octanol–water partition coefficient (Wildman–Crippen LogP) is 6.38. The monoisotopic (exact) mass is 462 g/mol. The Labute approximate surface area is 196 Å². The lowest BCUT2D eigenvalue weighted by Crippen LogP contribution is -2.32. The van der Waals surface area contributed by atoms with Gasteiger partial charge in [0.1, 0.15) is 0 Å². The number of hydrogen-bond acceptors (Lipinski definition) is 4. The molecular formula is C25H32Cl2N2O2. The van der Waals surface area contributed by atoms with Crippen LogP contribution in [-0.2, 0) is 11.8 Å². The summed E-state index contributed by atoms with van der Waals surface area (Å²) in [5.41, 5.74) is 1.56. The number of likely N-dealkylation sites (N-methyl/N-ethyl adjacent to an activating group) is 1. The first-order valence-corrected chi connectivity index (χ1v) is 11.3. The summed E-state index contributed by atoms with van der Waals surface area (Å²) in [6.07, 6.45) is 2.59. The maximum absolute atomic E-state index is 10.2. The SMILES string of the molecule is COc1ccc([C@](C#N)(CCCN(C)CCc2ccc(Cl)c(Cl)c2)C(C)C)cc1OC. The molecule has 0 heterocycles. The standard InChI is InChI=1S/C25H32Cl2N2O2/c1-18(2)25(17-28,20-8-10-23(30-4)24(16-20)31-5)12-6-13-29(3)14-11-19-7-9-21(26)22(27)15-19/h7-10,15-16,18H,6,11-14H2,1-5H3/t25-/m0/s1. The zero-order valence-electron chi connectivity index (χ0n) is 19.0. The molecule has 0 unspecified atom stereocenters. The van der Waals surface area contributed by atoms with Crippen molar-refractivity contribution in [1.82, 2.24) is 4.90 Å². The van der Waals surface area contributed by atoms with Crippen molar-refractivity contribution >= 4 is 23.2 Å². The quantitative estimate of drug-likeness (QED) is 0.388. The van der Waals surface area contributed by atoms with Crippen molar-refractivity contribution in [1.29, 1.82) is 5.26 Å². The third-order valence-electron chi connectivity index (χ3n) is 5.96. The fraction of sp³-hybridized carbons (Fsp3) is 0.480. The summed E-state index contributed by atoms with van der Waals surface area (Å²) in [6.45, 7) is 6.03. The van der Waals surface area contributed by atoms with Crippen molar-refractivity contribution in [3.8, 4) is 17.6 Å². The molecule has 0 aliphatic rings. The molecule has 0 aromatic heterocycles. The first-order valence-electron chi connectivity index (χ1n) is 10.5. The molecule has 0 saturated heterocycles. The van der Waals surface area contributed by atoms with Crippen LogP contribution in [0.1, 0.15) is 37.8 Å². The van der Waals surface area contributed by atoms with Gasteiger partial charge in [-0.25, -0.2) is 0 Å². The van der Waals surface area contributed by atoms with Crippen LogP contribution in [0, 0.1) is 17.2 Å². The number of rotatable bonds is 11. The molecule has 0 fully saturated rings. The van der Waals surface area contributed by atoms with Gasteiger partial charge in [0.15, 0.2) is 11.5 Å². The van der Waals surface area contributed by atoms with E-state index in [1.807, 2.05) is 36.4 Å². The minimum Gasteiger partial charge on any atom is -0.493 e. The van der Waals surface area contributed by atoms with Crippen molar-refractivity contribution in [2.24, 2.45) is 5.92 Å². The van der Waals surface area contributed by atoms with Gasteiger partial charge in [-0.1, -0.05) is 49.2 Å². The molecule has 0 amide bonds. The molecule has 0 aliphatic carbocycles. The van der Waals surface area contributed by atoms with E-state index < -0.39 is 5.41 Å². The Hall–Kier alpha value is -1.93. The van der Waals surface area contributed by atoms with E-state index in [1.54, 1.807) is 14.2 Å². The molecule has 1 atom stereocenters. The summed E-state index contributed by atoms with van der Waals surface area (Å²) in [7, 11) is 5.34. The summed E-state index contributed by atoms with van der Waals surface area (Å²) < 4.78 is 10.8. The molecule has 0 saturated carbocycles. The second-order valence-electron chi connectivity index (χ2n) is 8.21. The molecule has 2 rings (SSSR count). The number of nitrogens with zero attached hydrogens (tertiary/aromatic N) is 2. The third kappa shape index (κ3) is 6.29. The molecule has 0 bridgehead atoms. The van der Waals surface area contributed by atoms with E-state index in [2.05, 4.69) is 31.9 Å². The molecule has 31 heavy (non-hydrogen) atoms. The Balaban J connectivity index is 2.03. The minimum absolute atomic E-state index is 0.164. The van der Waals surface area contributed by atoms with Crippen LogP contribution in [0.25, 0.3) is 0 Å². The Kier molecular flexibility index (Phi) is 9.50. The topological polar surface area (TPSA) is 45.5 Å². The maximum Gasteiger partial charge on any atom is 0.161 e. The van der Waals surface area contributed by atoms with E-state index in [1.165, 1.54) is 5.56 Å². The van der Waals surface area contributed by atoms with E-state index in [0.717, 1.165) is 37.9 Å². The van der Waals surface area contributed by atoms with Crippen LogP contribution in [0.15, 0.2) is 36.4 Å². The molecule has 168 valence electrons. The van der Waals surface area contributed by atoms with Gasteiger partial charge < -0.3 is 14.4 Å². The van der Waals surface area contributed by atoms with E-state index in [-0.39, 0.29) is 5.92 Å². The number of ether oxygens (including phenoxy) is 2. The highest BCUT2D eigenvalue weighted by Gasteiger charge is 2.36. The van der Waals surface area contributed by atoms with Gasteiger partial charge in [-0.3, -0.25) is 0 Å². The fourth-order valence-electron chi connectivity index (χ4n) is 3.88. The van der Waals surface area contributed by atoms with E-state index in [9.17, 15) is 5.26 Å². The summed E-state index contributed by atoms with van der Waals surface area (Å²) >= 11 is 12.1. The van der Waals surface area contributed by atoms with Crippen LogP contribution < -0.4 is 9.47 Å². The minimum atomic E-state index is -0.579. The highest BCUT2D eigenvalue weighted by molar-refractivity contribution is 6.42. The number of nitriles is 1. The molecule has 4 nitrogen and oxygen atoms in total. The average molecular weight is 463 g/mol. The lowest BCUT2D eigenvalue weighted by Gasteiger charge is -2.32. The normalized spacial score (nSPS) is 13.2. The highest BCUT2D eigenvalue weighted by atomic mass is 35.5. The second-order valence-corrected chi connectivity index (χ2v) is 9.03. The van der Waals surface area contributed by atoms with E-state index in [0.29, 0.717) is 21.5 Å². The molecule has 0 N–H and O–H groups in total. The predicted molar refractivity (Wildman–Crippen MR) is 129 cm³/mol. The smallest absolute Gasteiger partial charge is 0.161 e. The van der Waals surface area contributed by atoms with Crippen molar-refractivity contribution in [3.05, 3.63) is 57.6 Å². The van der Waals surface area contributed by atoms with Gasteiger partial charge in [-0.05, 0) is 74.2 Å². The van der Waals surface area contributed by atoms with Crippen molar-refractivity contribution in [2.75, 3.05) is 34.4 Å². The van der Waals surface area contributed by atoms with Crippen LogP contribution in [-0.4, -0.2) is 39.3 Å². The van der Waals surface area contributed by atoms with Crippen molar-refractivity contribution in [3.63, 3.8) is 0 Å². The van der Waals surface area contributed by atoms with Crippen molar-refractivity contribution < 1.29 is 9.47 Å². The zero-order chi connectivity index (χ0) is 23.0. The van der Waals surface area contributed by atoms with Crippen LogP contribution in [0.2, 0.25) is 10.0 Å². The molecule has 2 aromatic rings. The van der Waals surface area contributed by atoms with Gasteiger partial charge in [0.2, 0.25) is 0 Å². The molecule has 0 spiro atoms. The third-order valence-corrected chi connectivity index (χ3v) is 6.70. The zero-order valence-corrected chi connectivity index (χ0v) is 20.6. The van der Waals surface area contributed by atoms with Gasteiger partial charge in [0.25, 0.3) is 0 Å². The summed E-state index contributed by atoms with van der Waals surface area (Å²) in [5.74, 6) is 1.49. The van der Waals surface area contributed by atoms with Gasteiger partial charge in [0, 0.05) is 6.54 Å². The number of halogens is 2. The lowest BCUT2D eigenvalue weighted by atomic mass is 9.69. The van der Waals surface area contributed by atoms with Gasteiger partial charge in [-0.15, -0.1) is 0 Å². The van der Waals surface area contributed by atoms with E-state index in [4.69, 9.17) is 32.7 Å². The summed E-state index contributed by atoms with van der Waals surface area (Å²) in [6, 6.07) is 14.2. The Morgan fingerprint density at radius 1 is 1.00 bits per heavy atom. The second kappa shape index (κ2) is 11.6. The molecule has 0 radical (unpaired) electrons. The maximum atomic E-state index is 10.2. The molecule has 2 aromatic carbocycles. The van der Waals surface area contributed by atoms with Crippen LogP contribution in [0.3, 0.4) is 0 Å². The Bertz CT molecular complexity index is 911. The van der Waals surface area contributed by atoms with Gasteiger partial charge in [-0.2, -0.15) is 5.26 Å². The fourth-order valence-corrected chi connectivity index (χ4v) is 4.21. The molecule has 0 aliphatic heterocycles. The van der Waals surface area contributed by atoms with Crippen LogP contribution >= 0.6 is 23.2 Å². The van der Waals surface area contributed by atoms with Crippen LogP contribution in [0.5, 0.6) is 11.5 Å². The van der Waals surface area contributed by atoms with Gasteiger partial charge >= 0.3 is 0 Å². The summed E-state index contributed by atoms with van der Waals surface area (Å²) in [4.78, 5) is 2.29. The molecular weight excluding hydrogens is 431 g/mol. The van der Waals surface area contributed by atoms with Crippen LogP contribution in [0.4, 0.5) is 0 Å². The van der Waals surface area contributed by atoms with E-state index >= 15 is 0 Å². The number of methoxy groups -OCH3 is 2. The first kappa shape index (κ1) is 25.3. The summed E-state index contributed by atoms with van der Waals surface area (Å²) in [5, 5.41) is 11.4. The average Bonchev–Trinajstić information content (AvgIpc) is 2.77. The Morgan fingerprint density at radius 2 is 1.71 bits per heavy atom. The highest BCUT2D eigenvalue weighted by Crippen LogP contribution is 2.40. The van der Waals surface area contributed by atoms with Gasteiger partial charge in [0.05, 0.1) is 35.7 Å². The number of hydrogen-bond donors (Lipinski definition) is 0. The Morgan fingerprint density at radius 3 is 2.29 bits per heavy atom.